The van der Waals surface area contributed by atoms with Gasteiger partial charge in [-0.15, -0.1) is 5.10 Å². The summed E-state index contributed by atoms with van der Waals surface area (Å²) >= 11 is 0. The zero-order valence-corrected chi connectivity index (χ0v) is 13.8. The first-order valence-corrected chi connectivity index (χ1v) is 8.49. The van der Waals surface area contributed by atoms with Crippen LogP contribution < -0.4 is 11.1 Å². The van der Waals surface area contributed by atoms with Crippen LogP contribution in [0.25, 0.3) is 10.8 Å². The van der Waals surface area contributed by atoms with Gasteiger partial charge in [-0.1, -0.05) is 29.5 Å². The highest BCUT2D eigenvalue weighted by Crippen LogP contribution is 2.27. The summed E-state index contributed by atoms with van der Waals surface area (Å²) in [5, 5.41) is 11.9. The Morgan fingerprint density at radius 2 is 1.96 bits per heavy atom. The maximum atomic E-state index is 12.5. The normalized spacial score (nSPS) is 17.2. The van der Waals surface area contributed by atoms with Gasteiger partial charge >= 0.3 is 0 Å². The van der Waals surface area contributed by atoms with Crippen LogP contribution in [0.4, 0.5) is 0 Å². The molecule has 25 heavy (non-hydrogen) atoms. The minimum absolute atomic E-state index is 0.201. The van der Waals surface area contributed by atoms with Crippen LogP contribution in [0.1, 0.15) is 30.9 Å². The van der Waals surface area contributed by atoms with Crippen molar-refractivity contribution in [3.8, 4) is 0 Å². The van der Waals surface area contributed by atoms with Gasteiger partial charge in [0.1, 0.15) is 0 Å². The van der Waals surface area contributed by atoms with Gasteiger partial charge in [-0.3, -0.25) is 19.4 Å². The Hall–Kier alpha value is -2.96. The lowest BCUT2D eigenvalue weighted by atomic mass is 9.92. The third-order valence-corrected chi connectivity index (χ3v) is 4.68. The lowest BCUT2D eigenvalue weighted by molar-refractivity contribution is 0.473. The third-order valence-electron chi connectivity index (χ3n) is 4.68. The van der Waals surface area contributed by atoms with Gasteiger partial charge in [0.25, 0.3) is 11.1 Å². The topological polar surface area (TPSA) is 85.6 Å². The molecule has 0 bridgehead atoms. The van der Waals surface area contributed by atoms with Crippen molar-refractivity contribution in [3.63, 3.8) is 0 Å². The van der Waals surface area contributed by atoms with E-state index >= 15 is 0 Å². The number of H-pyrrole nitrogens is 1. The summed E-state index contributed by atoms with van der Waals surface area (Å²) in [7, 11) is 0. The molecule has 2 heterocycles. The summed E-state index contributed by atoms with van der Waals surface area (Å²) in [5.74, 6) is 0.418. The van der Waals surface area contributed by atoms with Crippen LogP contribution in [-0.4, -0.2) is 24.8 Å². The van der Waals surface area contributed by atoms with Crippen LogP contribution in [0.15, 0.2) is 52.2 Å². The second kappa shape index (κ2) is 6.51. The Kier molecular flexibility index (Phi) is 4.05. The van der Waals surface area contributed by atoms with E-state index in [2.05, 4.69) is 27.6 Å². The first kappa shape index (κ1) is 15.6. The van der Waals surface area contributed by atoms with Crippen LogP contribution >= 0.6 is 0 Å². The summed E-state index contributed by atoms with van der Waals surface area (Å²) in [6, 6.07) is 6.84. The molecule has 7 heteroatoms. The van der Waals surface area contributed by atoms with Gasteiger partial charge in [-0.05, 0) is 31.4 Å². The molecule has 0 aliphatic heterocycles. The first-order chi connectivity index (χ1) is 12.2. The molecule has 0 radical (unpaired) electrons. The Morgan fingerprint density at radius 1 is 1.12 bits per heavy atom. The summed E-state index contributed by atoms with van der Waals surface area (Å²) in [5.41, 5.74) is 0.528. The molecule has 0 unspecified atom stereocenters. The van der Waals surface area contributed by atoms with Gasteiger partial charge in [0, 0.05) is 12.1 Å². The molecule has 0 saturated carbocycles. The number of aromatic nitrogens is 5. The van der Waals surface area contributed by atoms with Crippen molar-refractivity contribution in [3.05, 3.63) is 69.0 Å². The van der Waals surface area contributed by atoms with Gasteiger partial charge in [-0.2, -0.15) is 0 Å². The zero-order chi connectivity index (χ0) is 17.2. The van der Waals surface area contributed by atoms with E-state index in [0.717, 1.165) is 25.0 Å². The molecule has 0 fully saturated rings. The minimum Gasteiger partial charge on any atom is -0.267 e. The van der Waals surface area contributed by atoms with Crippen molar-refractivity contribution in [1.82, 2.24) is 24.8 Å². The third kappa shape index (κ3) is 3.05. The van der Waals surface area contributed by atoms with Crippen molar-refractivity contribution in [2.24, 2.45) is 0 Å². The number of nitrogens with zero attached hydrogens (tertiary/aromatic N) is 4. The average molecular weight is 337 g/mol. The lowest BCUT2D eigenvalue weighted by Crippen LogP contribution is -2.31. The van der Waals surface area contributed by atoms with Crippen molar-refractivity contribution >= 4 is 10.8 Å². The predicted octanol–water partition coefficient (Wildman–Crippen LogP) is 1.81. The molecule has 1 atom stereocenters. The molecule has 4 rings (SSSR count). The highest BCUT2D eigenvalue weighted by molar-refractivity contribution is 5.80. The Morgan fingerprint density at radius 3 is 2.76 bits per heavy atom. The van der Waals surface area contributed by atoms with E-state index in [1.165, 1.54) is 4.68 Å². The SMILES string of the molecule is O=c1[nH]n(CCn2cc([C@H]3CC=CCC3)nn2)c(=O)c2ccccc12. The van der Waals surface area contributed by atoms with Crippen molar-refractivity contribution in [2.45, 2.75) is 38.3 Å². The number of benzene rings is 1. The average Bonchev–Trinajstić information content (AvgIpc) is 3.13. The van der Waals surface area contributed by atoms with Crippen molar-refractivity contribution in [1.29, 1.82) is 0 Å². The van der Waals surface area contributed by atoms with E-state index < -0.39 is 0 Å². The highest BCUT2D eigenvalue weighted by atomic mass is 16.2. The Bertz CT molecular complexity index is 1040. The summed E-state index contributed by atoms with van der Waals surface area (Å²) in [6.07, 6.45) is 9.48. The maximum absolute atomic E-state index is 12.5. The molecule has 0 spiro atoms. The number of aromatic amines is 1. The van der Waals surface area contributed by atoms with Gasteiger partial charge in [0.15, 0.2) is 0 Å². The molecule has 7 nitrogen and oxygen atoms in total. The van der Waals surface area contributed by atoms with Gasteiger partial charge < -0.3 is 0 Å². The maximum Gasteiger partial charge on any atom is 0.273 e. The summed E-state index contributed by atoms with van der Waals surface area (Å²) < 4.78 is 3.07. The number of hydrogen-bond donors (Lipinski definition) is 1. The molecule has 1 N–H and O–H groups in total. The van der Waals surface area contributed by atoms with Crippen LogP contribution in [0, 0.1) is 0 Å². The standard InChI is InChI=1S/C18H19N5O2/c24-17-14-8-4-5-9-15(14)18(25)23(20-17)11-10-22-12-16(19-21-22)13-6-2-1-3-7-13/h1-2,4-5,8-9,12-13H,3,6-7,10-11H2,(H,20,24)/t13-/m0/s1. The zero-order valence-electron chi connectivity index (χ0n) is 13.8. The molecule has 1 aliphatic rings. The van der Waals surface area contributed by atoms with E-state index in [4.69, 9.17) is 0 Å². The van der Waals surface area contributed by atoms with Crippen LogP contribution in [0.2, 0.25) is 0 Å². The van der Waals surface area contributed by atoms with E-state index in [9.17, 15) is 9.59 Å². The fourth-order valence-corrected chi connectivity index (χ4v) is 3.28. The molecule has 0 amide bonds. The van der Waals surface area contributed by atoms with Gasteiger partial charge in [-0.25, -0.2) is 4.68 Å². The van der Waals surface area contributed by atoms with E-state index in [1.54, 1.807) is 28.9 Å². The molecule has 128 valence electrons. The van der Waals surface area contributed by atoms with Crippen molar-refractivity contribution < 1.29 is 0 Å². The molecule has 0 saturated heterocycles. The Labute approximate surface area is 143 Å². The number of nitrogens with one attached hydrogen (secondary N) is 1. The molecular weight excluding hydrogens is 318 g/mol. The number of aryl methyl sites for hydroxylation is 2. The van der Waals surface area contributed by atoms with Crippen LogP contribution in [-0.2, 0) is 13.1 Å². The first-order valence-electron chi connectivity index (χ1n) is 8.49. The predicted molar refractivity (Wildman–Crippen MR) is 94.6 cm³/mol. The molecule has 2 aromatic heterocycles. The minimum atomic E-state index is -0.261. The number of allylic oxidation sites excluding steroid dienone is 2. The molecule has 1 aromatic carbocycles. The van der Waals surface area contributed by atoms with E-state index in [1.807, 2.05) is 6.20 Å². The van der Waals surface area contributed by atoms with Crippen LogP contribution in [0.3, 0.4) is 0 Å². The smallest absolute Gasteiger partial charge is 0.267 e. The summed E-state index contributed by atoms with van der Waals surface area (Å²) in [4.78, 5) is 24.6. The Balaban J connectivity index is 1.54. The lowest BCUT2D eigenvalue weighted by Gasteiger charge is -2.13. The van der Waals surface area contributed by atoms with Gasteiger partial charge in [0.05, 0.1) is 29.6 Å². The summed E-state index contributed by atoms with van der Waals surface area (Å²) in [6.45, 7) is 0.815. The van der Waals surface area contributed by atoms with E-state index in [0.29, 0.717) is 29.8 Å². The molecular formula is C18H19N5O2. The second-order valence-electron chi connectivity index (χ2n) is 6.33. The molecule has 3 aromatic rings. The van der Waals surface area contributed by atoms with Gasteiger partial charge in [0.2, 0.25) is 0 Å². The largest absolute Gasteiger partial charge is 0.273 e. The molecule has 1 aliphatic carbocycles. The second-order valence-corrected chi connectivity index (χ2v) is 6.33. The van der Waals surface area contributed by atoms with Crippen molar-refractivity contribution in [2.75, 3.05) is 0 Å². The number of hydrogen-bond acceptors (Lipinski definition) is 4. The fraction of sp³-hybridized carbons (Fsp3) is 0.333. The van der Waals surface area contributed by atoms with Crippen LogP contribution in [0.5, 0.6) is 0 Å². The van der Waals surface area contributed by atoms with E-state index in [-0.39, 0.29) is 11.1 Å². The highest BCUT2D eigenvalue weighted by Gasteiger charge is 2.16. The number of rotatable bonds is 4. The quantitative estimate of drug-likeness (QED) is 0.736. The monoisotopic (exact) mass is 337 g/mol. The number of fused-ring (bicyclic) bond motifs is 1. The fourth-order valence-electron chi connectivity index (χ4n) is 3.28.